The van der Waals surface area contributed by atoms with Gasteiger partial charge in [0.05, 0.1) is 5.92 Å². The Kier molecular flexibility index (Phi) is 1.93. The molecule has 0 radical (unpaired) electrons. The molecule has 3 heteroatoms. The Bertz CT molecular complexity index is 318. The molecule has 0 bridgehead atoms. The van der Waals surface area contributed by atoms with Gasteiger partial charge in [-0.1, -0.05) is 12.1 Å². The molecule has 1 atom stereocenters. The summed E-state index contributed by atoms with van der Waals surface area (Å²) in [6, 6.07) is 6.82. The average Bonchev–Trinajstić information content (AvgIpc) is 2.53. The molecule has 1 fully saturated rings. The Morgan fingerprint density at radius 3 is 2.54 bits per heavy atom. The number of carbonyl (C=O) groups excluding carboxylic acids is 1. The maximum atomic E-state index is 11.3. The molecule has 0 aliphatic carbocycles. The highest BCUT2D eigenvalue weighted by Gasteiger charge is 2.25. The summed E-state index contributed by atoms with van der Waals surface area (Å²) < 4.78 is 0. The van der Waals surface area contributed by atoms with Gasteiger partial charge < -0.3 is 10.4 Å². The van der Waals surface area contributed by atoms with Gasteiger partial charge in [0.1, 0.15) is 5.75 Å². The molecule has 1 aromatic carbocycles. The number of hydrogen-bond acceptors (Lipinski definition) is 2. The van der Waals surface area contributed by atoms with Gasteiger partial charge in [-0.2, -0.15) is 0 Å². The minimum Gasteiger partial charge on any atom is -0.508 e. The Morgan fingerprint density at radius 1 is 1.31 bits per heavy atom. The van der Waals surface area contributed by atoms with Crippen molar-refractivity contribution in [1.82, 2.24) is 5.32 Å². The van der Waals surface area contributed by atoms with Crippen LogP contribution in [0, 0.1) is 0 Å². The molecule has 1 amide bonds. The van der Waals surface area contributed by atoms with Crippen LogP contribution in [0.25, 0.3) is 0 Å². The van der Waals surface area contributed by atoms with E-state index in [2.05, 4.69) is 5.32 Å². The zero-order valence-electron chi connectivity index (χ0n) is 7.16. The summed E-state index contributed by atoms with van der Waals surface area (Å²) in [5.41, 5.74) is 0.979. The fourth-order valence-electron chi connectivity index (χ4n) is 1.62. The lowest BCUT2D eigenvalue weighted by molar-refractivity contribution is -0.120. The molecule has 1 aliphatic rings. The van der Waals surface area contributed by atoms with E-state index in [1.54, 1.807) is 24.3 Å². The Labute approximate surface area is 76.4 Å². The first-order valence-electron chi connectivity index (χ1n) is 4.34. The first-order chi connectivity index (χ1) is 6.27. The van der Waals surface area contributed by atoms with Crippen LogP contribution in [0.1, 0.15) is 17.9 Å². The van der Waals surface area contributed by atoms with Crippen LogP contribution in [0.2, 0.25) is 0 Å². The minimum atomic E-state index is -0.0272. The highest BCUT2D eigenvalue weighted by atomic mass is 16.3. The summed E-state index contributed by atoms with van der Waals surface area (Å²) >= 11 is 0. The third-order valence-corrected chi connectivity index (χ3v) is 2.34. The van der Waals surface area contributed by atoms with Crippen LogP contribution < -0.4 is 5.32 Å². The molecular weight excluding hydrogens is 166 g/mol. The van der Waals surface area contributed by atoms with E-state index < -0.39 is 0 Å². The molecule has 68 valence electrons. The number of nitrogens with one attached hydrogen (secondary N) is 1. The Balaban J connectivity index is 2.25. The van der Waals surface area contributed by atoms with Crippen molar-refractivity contribution >= 4 is 5.91 Å². The monoisotopic (exact) mass is 177 g/mol. The van der Waals surface area contributed by atoms with Crippen LogP contribution in [-0.2, 0) is 4.79 Å². The summed E-state index contributed by atoms with van der Waals surface area (Å²) in [4.78, 5) is 11.3. The smallest absolute Gasteiger partial charge is 0.227 e. The van der Waals surface area contributed by atoms with Gasteiger partial charge in [-0.25, -0.2) is 0 Å². The lowest BCUT2D eigenvalue weighted by Crippen LogP contribution is -2.17. The van der Waals surface area contributed by atoms with Gasteiger partial charge in [0.15, 0.2) is 0 Å². The van der Waals surface area contributed by atoms with E-state index in [-0.39, 0.29) is 17.6 Å². The van der Waals surface area contributed by atoms with Crippen molar-refractivity contribution in [2.75, 3.05) is 6.54 Å². The van der Waals surface area contributed by atoms with Crippen LogP contribution >= 0.6 is 0 Å². The van der Waals surface area contributed by atoms with Gasteiger partial charge in [0.25, 0.3) is 0 Å². The predicted octanol–water partition coefficient (Wildman–Crippen LogP) is 0.996. The van der Waals surface area contributed by atoms with Crippen LogP contribution in [-0.4, -0.2) is 17.6 Å². The largest absolute Gasteiger partial charge is 0.508 e. The molecule has 2 rings (SSSR count). The summed E-state index contributed by atoms with van der Waals surface area (Å²) in [7, 11) is 0. The van der Waals surface area contributed by atoms with Crippen LogP contribution in [0.5, 0.6) is 5.75 Å². The predicted molar refractivity (Wildman–Crippen MR) is 48.5 cm³/mol. The first-order valence-corrected chi connectivity index (χ1v) is 4.34. The first kappa shape index (κ1) is 8.10. The van der Waals surface area contributed by atoms with Crippen molar-refractivity contribution in [3.05, 3.63) is 29.8 Å². The van der Waals surface area contributed by atoms with Crippen molar-refractivity contribution in [2.45, 2.75) is 12.3 Å². The number of carbonyl (C=O) groups is 1. The van der Waals surface area contributed by atoms with Gasteiger partial charge in [0.2, 0.25) is 5.91 Å². The molecule has 0 aromatic heterocycles. The number of hydrogen-bond donors (Lipinski definition) is 2. The Hall–Kier alpha value is -1.51. The highest BCUT2D eigenvalue weighted by molar-refractivity contribution is 5.85. The summed E-state index contributed by atoms with van der Waals surface area (Å²) in [5.74, 6) is 0.299. The quantitative estimate of drug-likeness (QED) is 0.672. The normalized spacial score (nSPS) is 21.5. The van der Waals surface area contributed by atoms with E-state index in [4.69, 9.17) is 5.11 Å². The number of rotatable bonds is 1. The molecule has 1 aliphatic heterocycles. The van der Waals surface area contributed by atoms with Gasteiger partial charge in [-0.15, -0.1) is 0 Å². The molecular formula is C10H11NO2. The van der Waals surface area contributed by atoms with Crippen molar-refractivity contribution in [1.29, 1.82) is 0 Å². The second-order valence-corrected chi connectivity index (χ2v) is 3.22. The number of amides is 1. The maximum Gasteiger partial charge on any atom is 0.227 e. The molecule has 0 saturated carbocycles. The summed E-state index contributed by atoms with van der Waals surface area (Å²) in [6.45, 7) is 0.754. The third-order valence-electron chi connectivity index (χ3n) is 2.34. The Morgan fingerprint density at radius 2 is 2.00 bits per heavy atom. The van der Waals surface area contributed by atoms with E-state index >= 15 is 0 Å². The summed E-state index contributed by atoms with van der Waals surface area (Å²) in [5, 5.41) is 11.8. The molecule has 2 N–H and O–H groups in total. The fraction of sp³-hybridized carbons (Fsp3) is 0.300. The fourth-order valence-corrected chi connectivity index (χ4v) is 1.62. The molecule has 1 aromatic rings. The third kappa shape index (κ3) is 1.49. The van der Waals surface area contributed by atoms with E-state index in [0.717, 1.165) is 18.5 Å². The zero-order chi connectivity index (χ0) is 9.26. The van der Waals surface area contributed by atoms with Crippen molar-refractivity contribution in [3.8, 4) is 5.75 Å². The van der Waals surface area contributed by atoms with Crippen LogP contribution in [0.3, 0.4) is 0 Å². The zero-order valence-corrected chi connectivity index (χ0v) is 7.16. The summed E-state index contributed by atoms with van der Waals surface area (Å²) in [6.07, 6.45) is 0.851. The van der Waals surface area contributed by atoms with Crippen LogP contribution in [0.4, 0.5) is 0 Å². The van der Waals surface area contributed by atoms with E-state index in [0.29, 0.717) is 0 Å². The van der Waals surface area contributed by atoms with Crippen molar-refractivity contribution < 1.29 is 9.90 Å². The maximum absolute atomic E-state index is 11.3. The standard InChI is InChI=1S/C10H11NO2/c12-8-3-1-7(2-4-8)9-5-6-11-10(9)13/h1-4,9,12H,5-6H2,(H,11,13). The topological polar surface area (TPSA) is 49.3 Å². The van der Waals surface area contributed by atoms with Crippen molar-refractivity contribution in [3.63, 3.8) is 0 Å². The lowest BCUT2D eigenvalue weighted by atomic mass is 9.98. The average molecular weight is 177 g/mol. The van der Waals surface area contributed by atoms with Crippen LogP contribution in [0.15, 0.2) is 24.3 Å². The van der Waals surface area contributed by atoms with Gasteiger partial charge in [-0.3, -0.25) is 4.79 Å². The van der Waals surface area contributed by atoms with E-state index in [1.807, 2.05) is 0 Å². The number of aromatic hydroxyl groups is 1. The minimum absolute atomic E-state index is 0.0272. The van der Waals surface area contributed by atoms with Crippen molar-refractivity contribution in [2.24, 2.45) is 0 Å². The van der Waals surface area contributed by atoms with E-state index in [1.165, 1.54) is 0 Å². The molecule has 13 heavy (non-hydrogen) atoms. The molecule has 1 heterocycles. The number of benzene rings is 1. The number of phenols is 1. The molecule has 3 nitrogen and oxygen atoms in total. The van der Waals surface area contributed by atoms with E-state index in [9.17, 15) is 4.79 Å². The molecule has 1 unspecified atom stereocenters. The van der Waals surface area contributed by atoms with Gasteiger partial charge >= 0.3 is 0 Å². The molecule has 0 spiro atoms. The highest BCUT2D eigenvalue weighted by Crippen LogP contribution is 2.24. The van der Waals surface area contributed by atoms with Gasteiger partial charge in [-0.05, 0) is 24.1 Å². The van der Waals surface area contributed by atoms with Gasteiger partial charge in [0, 0.05) is 6.54 Å². The second-order valence-electron chi connectivity index (χ2n) is 3.22. The lowest BCUT2D eigenvalue weighted by Gasteiger charge is -2.06. The SMILES string of the molecule is O=C1NCCC1c1ccc(O)cc1. The second kappa shape index (κ2) is 3.09. The molecule has 1 saturated heterocycles. The number of phenolic OH excluding ortho intramolecular Hbond substituents is 1.